The average Bonchev–Trinajstić information content (AvgIpc) is 3.55. The van der Waals surface area contributed by atoms with Crippen molar-refractivity contribution in [2.24, 2.45) is 0 Å². The number of hydrogen-bond acceptors (Lipinski definition) is 6. The topological polar surface area (TPSA) is 104 Å². The summed E-state index contributed by atoms with van der Waals surface area (Å²) < 4.78 is 14.1. The highest BCUT2D eigenvalue weighted by Gasteiger charge is 2.28. The molecule has 1 atom stereocenters. The summed E-state index contributed by atoms with van der Waals surface area (Å²) in [6, 6.07) is 30.7. The van der Waals surface area contributed by atoms with Gasteiger partial charge >= 0.3 is 0 Å². The third-order valence-electron chi connectivity index (χ3n) is 8.28. The molecule has 4 aromatic carbocycles. The first-order valence-corrected chi connectivity index (χ1v) is 16.9. The molecule has 8 nitrogen and oxygen atoms in total. The van der Waals surface area contributed by atoms with E-state index in [0.717, 1.165) is 22.5 Å². The standard InChI is InChI=1S/C40H36FN5O3S/c1-40(2,3)28-16-14-27(15-17-28)34-31(11-8-22-42-34)36(47)43-30-20-21-32-33(23-30)50-38(44-32)37(48)45-35(26-9-6-5-7-10-26)39(49)46(4)24-25-12-18-29(41)19-13-25/h5-23,35H,24H2,1-4H3,(H,43,47)(H,45,48)/t35-/m1/s1. The number of carbonyl (C=O) groups is 3. The zero-order valence-electron chi connectivity index (χ0n) is 28.1. The van der Waals surface area contributed by atoms with Gasteiger partial charge in [0.05, 0.1) is 21.5 Å². The molecule has 10 heteroatoms. The molecule has 2 heterocycles. The molecule has 0 unspecified atom stereocenters. The number of nitrogens with zero attached hydrogens (tertiary/aromatic N) is 3. The summed E-state index contributed by atoms with van der Waals surface area (Å²) in [7, 11) is 1.64. The van der Waals surface area contributed by atoms with Crippen molar-refractivity contribution in [3.8, 4) is 11.3 Å². The molecule has 3 amide bonds. The number of benzene rings is 4. The van der Waals surface area contributed by atoms with Gasteiger partial charge < -0.3 is 15.5 Å². The molecule has 2 aromatic heterocycles. The van der Waals surface area contributed by atoms with E-state index in [1.165, 1.54) is 22.6 Å². The summed E-state index contributed by atoms with van der Waals surface area (Å²) in [6.45, 7) is 6.69. The molecule has 6 rings (SSSR count). The van der Waals surface area contributed by atoms with Crippen LogP contribution in [-0.2, 0) is 16.8 Å². The highest BCUT2D eigenvalue weighted by molar-refractivity contribution is 7.20. The van der Waals surface area contributed by atoms with Crippen LogP contribution in [0.25, 0.3) is 21.5 Å². The van der Waals surface area contributed by atoms with E-state index in [4.69, 9.17) is 0 Å². The maximum Gasteiger partial charge on any atom is 0.281 e. The number of carbonyl (C=O) groups excluding carboxylic acids is 3. The van der Waals surface area contributed by atoms with E-state index < -0.39 is 11.9 Å². The van der Waals surface area contributed by atoms with Gasteiger partial charge in [-0.15, -0.1) is 11.3 Å². The number of likely N-dealkylation sites (N-methyl/N-ethyl adjacent to an activating group) is 1. The summed E-state index contributed by atoms with van der Waals surface area (Å²) in [6.07, 6.45) is 1.67. The number of thiazole rings is 1. The molecule has 0 radical (unpaired) electrons. The van der Waals surface area contributed by atoms with Crippen molar-refractivity contribution >= 4 is 45.0 Å². The van der Waals surface area contributed by atoms with E-state index in [1.807, 2.05) is 18.2 Å². The molecule has 0 aliphatic carbocycles. The van der Waals surface area contributed by atoms with Gasteiger partial charge in [-0.05, 0) is 64.6 Å². The zero-order chi connectivity index (χ0) is 35.4. The van der Waals surface area contributed by atoms with Gasteiger partial charge in [-0.2, -0.15) is 0 Å². The van der Waals surface area contributed by atoms with Crippen LogP contribution in [0.3, 0.4) is 0 Å². The predicted octanol–water partition coefficient (Wildman–Crippen LogP) is 8.18. The lowest BCUT2D eigenvalue weighted by atomic mass is 9.86. The first-order valence-electron chi connectivity index (χ1n) is 16.1. The van der Waals surface area contributed by atoms with Crippen LogP contribution in [0.5, 0.6) is 0 Å². The van der Waals surface area contributed by atoms with E-state index in [0.29, 0.717) is 32.7 Å². The fourth-order valence-electron chi connectivity index (χ4n) is 5.53. The fraction of sp³-hybridized carbons (Fsp3) is 0.175. The van der Waals surface area contributed by atoms with Crippen molar-refractivity contribution in [3.63, 3.8) is 0 Å². The molecule has 252 valence electrons. The van der Waals surface area contributed by atoms with Gasteiger partial charge in [-0.1, -0.05) is 87.5 Å². The number of halogens is 1. The number of fused-ring (bicyclic) bond motifs is 1. The average molecular weight is 686 g/mol. The van der Waals surface area contributed by atoms with Crippen molar-refractivity contribution in [2.45, 2.75) is 38.8 Å². The molecule has 6 aromatic rings. The van der Waals surface area contributed by atoms with Crippen LogP contribution in [0, 0.1) is 5.82 Å². The Morgan fingerprint density at radius 1 is 0.860 bits per heavy atom. The van der Waals surface area contributed by atoms with Crippen LogP contribution < -0.4 is 10.6 Å². The number of hydrogen-bond donors (Lipinski definition) is 2. The Bertz CT molecular complexity index is 2160. The normalized spacial score (nSPS) is 11.9. The Kier molecular flexibility index (Phi) is 9.83. The van der Waals surface area contributed by atoms with Crippen molar-refractivity contribution in [2.75, 3.05) is 12.4 Å². The number of rotatable bonds is 9. The fourth-order valence-corrected chi connectivity index (χ4v) is 6.44. The van der Waals surface area contributed by atoms with Crippen molar-refractivity contribution in [1.29, 1.82) is 0 Å². The lowest BCUT2D eigenvalue weighted by Crippen LogP contribution is -2.41. The Hall–Kier alpha value is -5.74. The first kappa shape index (κ1) is 34.1. The Morgan fingerprint density at radius 2 is 1.58 bits per heavy atom. The lowest BCUT2D eigenvalue weighted by Gasteiger charge is -2.25. The number of amides is 3. The predicted molar refractivity (Wildman–Crippen MR) is 195 cm³/mol. The summed E-state index contributed by atoms with van der Waals surface area (Å²) in [4.78, 5) is 51.3. The Morgan fingerprint density at radius 3 is 2.28 bits per heavy atom. The number of pyridine rings is 1. The summed E-state index contributed by atoms with van der Waals surface area (Å²) in [5.74, 6) is -1.52. The minimum atomic E-state index is -0.977. The molecular formula is C40H36FN5O3S. The van der Waals surface area contributed by atoms with Crippen LogP contribution >= 0.6 is 11.3 Å². The minimum Gasteiger partial charge on any atom is -0.339 e. The van der Waals surface area contributed by atoms with Gasteiger partial charge in [-0.3, -0.25) is 19.4 Å². The second kappa shape index (κ2) is 14.4. The smallest absolute Gasteiger partial charge is 0.281 e. The zero-order valence-corrected chi connectivity index (χ0v) is 28.9. The quantitative estimate of drug-likeness (QED) is 0.160. The molecule has 50 heavy (non-hydrogen) atoms. The second-order valence-corrected chi connectivity index (χ2v) is 14.1. The van der Waals surface area contributed by atoms with Gasteiger partial charge in [0.2, 0.25) is 5.91 Å². The van der Waals surface area contributed by atoms with E-state index in [9.17, 15) is 18.8 Å². The van der Waals surface area contributed by atoms with Gasteiger partial charge in [0.15, 0.2) is 5.01 Å². The van der Waals surface area contributed by atoms with Crippen LogP contribution in [0.2, 0.25) is 0 Å². The molecule has 0 saturated heterocycles. The summed E-state index contributed by atoms with van der Waals surface area (Å²) >= 11 is 1.16. The van der Waals surface area contributed by atoms with Gasteiger partial charge in [-0.25, -0.2) is 9.37 Å². The summed E-state index contributed by atoms with van der Waals surface area (Å²) in [5.41, 5.74) is 5.52. The largest absolute Gasteiger partial charge is 0.339 e. The van der Waals surface area contributed by atoms with Crippen molar-refractivity contribution < 1.29 is 18.8 Å². The monoisotopic (exact) mass is 685 g/mol. The third-order valence-corrected chi connectivity index (χ3v) is 9.30. The number of aromatic nitrogens is 2. The molecule has 2 N–H and O–H groups in total. The van der Waals surface area contributed by atoms with Crippen LogP contribution in [0.1, 0.15) is 63.7 Å². The van der Waals surface area contributed by atoms with E-state index in [-0.39, 0.29) is 34.6 Å². The molecular weight excluding hydrogens is 650 g/mol. The van der Waals surface area contributed by atoms with Crippen LogP contribution in [0.15, 0.2) is 115 Å². The molecule has 0 aliphatic heterocycles. The van der Waals surface area contributed by atoms with Gasteiger partial charge in [0.25, 0.3) is 11.8 Å². The first-order chi connectivity index (χ1) is 24.0. The van der Waals surface area contributed by atoms with Gasteiger partial charge in [0.1, 0.15) is 11.9 Å². The van der Waals surface area contributed by atoms with E-state index >= 15 is 0 Å². The summed E-state index contributed by atoms with van der Waals surface area (Å²) in [5, 5.41) is 6.01. The maximum atomic E-state index is 13.7. The molecule has 0 saturated carbocycles. The second-order valence-electron chi connectivity index (χ2n) is 13.0. The van der Waals surface area contributed by atoms with E-state index in [1.54, 1.807) is 80.0 Å². The lowest BCUT2D eigenvalue weighted by molar-refractivity contribution is -0.132. The van der Waals surface area contributed by atoms with Crippen LogP contribution in [-0.4, -0.2) is 39.6 Å². The van der Waals surface area contributed by atoms with Crippen molar-refractivity contribution in [3.05, 3.63) is 148 Å². The molecule has 0 fully saturated rings. The SMILES string of the molecule is CN(Cc1ccc(F)cc1)C(=O)[C@H](NC(=O)c1nc2ccc(NC(=O)c3cccnc3-c3ccc(C(C)(C)C)cc3)cc2s1)c1ccccc1. The molecule has 0 aliphatic rings. The number of nitrogens with one attached hydrogen (secondary N) is 2. The minimum absolute atomic E-state index is 0.00262. The van der Waals surface area contributed by atoms with Crippen LogP contribution in [0.4, 0.5) is 10.1 Å². The van der Waals surface area contributed by atoms with Gasteiger partial charge in [0, 0.05) is 31.0 Å². The van der Waals surface area contributed by atoms with E-state index in [2.05, 4.69) is 53.5 Å². The molecule has 0 spiro atoms. The Balaban J connectivity index is 1.19. The number of anilines is 1. The Labute approximate surface area is 294 Å². The third kappa shape index (κ3) is 7.76. The maximum absolute atomic E-state index is 13.7. The molecule has 0 bridgehead atoms. The highest BCUT2D eigenvalue weighted by atomic mass is 32.1. The highest BCUT2D eigenvalue weighted by Crippen LogP contribution is 2.29. The van der Waals surface area contributed by atoms with Crippen molar-refractivity contribution in [1.82, 2.24) is 20.2 Å².